The highest BCUT2D eigenvalue weighted by molar-refractivity contribution is 7.98. The number of hydrogen-bond acceptors (Lipinski definition) is 5. The molecule has 1 atom stereocenters. The molecule has 0 radical (unpaired) electrons. The second-order valence-electron chi connectivity index (χ2n) is 5.82. The lowest BCUT2D eigenvalue weighted by atomic mass is 10.2. The van der Waals surface area contributed by atoms with E-state index in [0.717, 1.165) is 42.2 Å². The summed E-state index contributed by atoms with van der Waals surface area (Å²) in [6.07, 6.45) is 6.62. The number of carbonyl (C=O) groups excluding carboxylic acids is 1. The molecule has 3 rings (SSSR count). The Bertz CT molecular complexity index is 842. The molecular weight excluding hydrogens is 336 g/mol. The van der Waals surface area contributed by atoms with Crippen LogP contribution < -0.4 is 5.32 Å². The van der Waals surface area contributed by atoms with Gasteiger partial charge in [0.05, 0.1) is 6.04 Å². The Kier molecular flexibility index (Phi) is 5.70. The van der Waals surface area contributed by atoms with Gasteiger partial charge in [-0.15, -0.1) is 10.2 Å². The van der Waals surface area contributed by atoms with Crippen LogP contribution in [0, 0.1) is 0 Å². The van der Waals surface area contributed by atoms with Gasteiger partial charge in [0.15, 0.2) is 11.5 Å². The molecule has 3 heterocycles. The second-order valence-corrected chi connectivity index (χ2v) is 6.81. The van der Waals surface area contributed by atoms with E-state index >= 15 is 0 Å². The number of nitrogens with zero attached hydrogens (tertiary/aromatic N) is 4. The molecule has 0 fully saturated rings. The highest BCUT2D eigenvalue weighted by Crippen LogP contribution is 2.19. The van der Waals surface area contributed by atoms with Crippen LogP contribution in [0.2, 0.25) is 0 Å². The molecule has 8 heteroatoms. The molecule has 0 bridgehead atoms. The normalized spacial score (nSPS) is 12.4. The van der Waals surface area contributed by atoms with Crippen molar-refractivity contribution in [3.8, 4) is 0 Å². The summed E-state index contributed by atoms with van der Waals surface area (Å²) in [5.41, 5.74) is 2.15. The fourth-order valence-electron chi connectivity index (χ4n) is 2.71. The third-order valence-corrected chi connectivity index (χ3v) is 4.59. The summed E-state index contributed by atoms with van der Waals surface area (Å²) in [4.78, 5) is 12.6. The van der Waals surface area contributed by atoms with Crippen molar-refractivity contribution < 1.29 is 4.79 Å². The lowest BCUT2D eigenvalue weighted by molar-refractivity contribution is 0.0928. The topological polar surface area (TPSA) is 88.0 Å². The Morgan fingerprint density at radius 2 is 2.28 bits per heavy atom. The molecule has 0 aliphatic carbocycles. The minimum atomic E-state index is -0.219. The number of amides is 1. The van der Waals surface area contributed by atoms with Crippen molar-refractivity contribution in [1.29, 1.82) is 0 Å². The fourth-order valence-corrected chi connectivity index (χ4v) is 3.18. The quantitative estimate of drug-likeness (QED) is 0.646. The first-order chi connectivity index (χ1) is 12.2. The molecule has 132 valence electrons. The monoisotopic (exact) mass is 358 g/mol. The number of thioether (sulfide) groups is 1. The number of carbonyl (C=O) groups is 1. The smallest absolute Gasteiger partial charge is 0.272 e. The van der Waals surface area contributed by atoms with Gasteiger partial charge in [-0.3, -0.25) is 14.3 Å². The maximum atomic E-state index is 12.6. The summed E-state index contributed by atoms with van der Waals surface area (Å²) in [6.45, 7) is 2.09. The van der Waals surface area contributed by atoms with Crippen LogP contribution in [0.4, 0.5) is 0 Å². The summed E-state index contributed by atoms with van der Waals surface area (Å²) in [7, 11) is 0. The molecular formula is C17H22N6OS. The van der Waals surface area contributed by atoms with Crippen molar-refractivity contribution in [2.75, 3.05) is 12.0 Å². The Hall–Kier alpha value is -2.35. The predicted octanol–water partition coefficient (Wildman–Crippen LogP) is 2.63. The zero-order valence-electron chi connectivity index (χ0n) is 14.4. The Morgan fingerprint density at radius 3 is 3.08 bits per heavy atom. The largest absolute Gasteiger partial charge is 0.341 e. The number of hydrogen-bond donors (Lipinski definition) is 2. The van der Waals surface area contributed by atoms with Gasteiger partial charge in [0.25, 0.3) is 5.91 Å². The number of fused-ring (bicyclic) bond motifs is 1. The van der Waals surface area contributed by atoms with E-state index in [4.69, 9.17) is 0 Å². The number of nitrogens with one attached hydrogen (secondary N) is 2. The van der Waals surface area contributed by atoms with Gasteiger partial charge >= 0.3 is 0 Å². The summed E-state index contributed by atoms with van der Waals surface area (Å²) >= 11 is 1.74. The molecule has 1 unspecified atom stereocenters. The van der Waals surface area contributed by atoms with Crippen LogP contribution in [0.25, 0.3) is 5.65 Å². The number of pyridine rings is 1. The molecule has 0 aromatic carbocycles. The number of rotatable bonds is 8. The van der Waals surface area contributed by atoms with E-state index < -0.39 is 0 Å². The van der Waals surface area contributed by atoms with Gasteiger partial charge in [-0.2, -0.15) is 16.9 Å². The van der Waals surface area contributed by atoms with Crippen LogP contribution in [0.5, 0.6) is 0 Å². The van der Waals surface area contributed by atoms with Gasteiger partial charge in [-0.05, 0) is 43.0 Å². The van der Waals surface area contributed by atoms with Gasteiger partial charge < -0.3 is 5.32 Å². The molecule has 25 heavy (non-hydrogen) atoms. The molecule has 0 spiro atoms. The van der Waals surface area contributed by atoms with Crippen LogP contribution in [0.1, 0.15) is 47.8 Å². The first-order valence-corrected chi connectivity index (χ1v) is 9.76. The molecule has 7 nitrogen and oxygen atoms in total. The van der Waals surface area contributed by atoms with E-state index in [-0.39, 0.29) is 11.9 Å². The summed E-state index contributed by atoms with van der Waals surface area (Å²) in [5, 5.41) is 18.6. The molecule has 0 saturated carbocycles. The first kappa shape index (κ1) is 17.5. The van der Waals surface area contributed by atoms with E-state index in [2.05, 4.69) is 32.6 Å². The van der Waals surface area contributed by atoms with Crippen molar-refractivity contribution in [3.05, 3.63) is 47.7 Å². The number of aryl methyl sites for hydroxylation is 1. The highest BCUT2D eigenvalue weighted by Gasteiger charge is 2.22. The zero-order valence-corrected chi connectivity index (χ0v) is 15.2. The predicted molar refractivity (Wildman–Crippen MR) is 98.8 cm³/mol. The molecule has 1 amide bonds. The van der Waals surface area contributed by atoms with Crippen LogP contribution >= 0.6 is 11.8 Å². The number of H-pyrrole nitrogens is 1. The molecule has 0 saturated heterocycles. The van der Waals surface area contributed by atoms with Crippen LogP contribution in [-0.4, -0.2) is 42.7 Å². The van der Waals surface area contributed by atoms with Crippen LogP contribution in [-0.2, 0) is 6.42 Å². The second kappa shape index (κ2) is 8.15. The maximum absolute atomic E-state index is 12.6. The lowest BCUT2D eigenvalue weighted by Crippen LogP contribution is -2.30. The van der Waals surface area contributed by atoms with Crippen molar-refractivity contribution in [3.63, 3.8) is 0 Å². The summed E-state index contributed by atoms with van der Waals surface area (Å²) in [5.74, 6) is 1.45. The van der Waals surface area contributed by atoms with Crippen molar-refractivity contribution >= 4 is 23.3 Å². The van der Waals surface area contributed by atoms with Gasteiger partial charge in [0.2, 0.25) is 0 Å². The van der Waals surface area contributed by atoms with E-state index in [1.54, 1.807) is 11.8 Å². The molecule has 0 aliphatic rings. The third kappa shape index (κ3) is 4.01. The Labute approximate surface area is 150 Å². The Morgan fingerprint density at radius 1 is 1.40 bits per heavy atom. The van der Waals surface area contributed by atoms with E-state index in [0.29, 0.717) is 5.69 Å². The average Bonchev–Trinajstić information content (AvgIpc) is 3.26. The molecule has 0 aliphatic heterocycles. The summed E-state index contributed by atoms with van der Waals surface area (Å²) in [6, 6.07) is 7.34. The maximum Gasteiger partial charge on any atom is 0.272 e. The van der Waals surface area contributed by atoms with Gasteiger partial charge in [0, 0.05) is 11.9 Å². The van der Waals surface area contributed by atoms with Gasteiger partial charge in [-0.25, -0.2) is 0 Å². The fraction of sp³-hybridized carbons (Fsp3) is 0.412. The van der Waals surface area contributed by atoms with E-state index in [9.17, 15) is 4.79 Å². The third-order valence-electron chi connectivity index (χ3n) is 3.95. The molecule has 3 aromatic rings. The first-order valence-electron chi connectivity index (χ1n) is 8.36. The summed E-state index contributed by atoms with van der Waals surface area (Å²) < 4.78 is 1.92. The van der Waals surface area contributed by atoms with Crippen molar-refractivity contribution in [2.24, 2.45) is 0 Å². The average molecular weight is 358 g/mol. The molecule has 2 N–H and O–H groups in total. The lowest BCUT2D eigenvalue weighted by Gasteiger charge is -2.16. The molecule has 3 aromatic heterocycles. The Balaban J connectivity index is 1.81. The minimum Gasteiger partial charge on any atom is -0.341 e. The van der Waals surface area contributed by atoms with Crippen LogP contribution in [0.3, 0.4) is 0 Å². The van der Waals surface area contributed by atoms with Gasteiger partial charge in [-0.1, -0.05) is 19.4 Å². The van der Waals surface area contributed by atoms with Gasteiger partial charge in [0.1, 0.15) is 5.69 Å². The van der Waals surface area contributed by atoms with Crippen LogP contribution in [0.15, 0.2) is 30.5 Å². The van der Waals surface area contributed by atoms with Crippen molar-refractivity contribution in [2.45, 2.75) is 32.2 Å². The number of aromatic amines is 1. The van der Waals surface area contributed by atoms with Crippen molar-refractivity contribution in [1.82, 2.24) is 30.1 Å². The number of aromatic nitrogens is 5. The minimum absolute atomic E-state index is 0.197. The standard InChI is InChI=1S/C17H22N6OS/c1-3-6-12-11-14(20-19-12)17(24)18-13(8-10-25-2)16-22-21-15-7-4-5-9-23(15)16/h4-5,7,9,11,13H,3,6,8,10H2,1-2H3,(H,18,24)(H,19,20). The zero-order chi connectivity index (χ0) is 17.6. The van der Waals surface area contributed by atoms with E-state index in [1.807, 2.05) is 41.1 Å². The van der Waals surface area contributed by atoms with E-state index in [1.165, 1.54) is 0 Å². The SMILES string of the molecule is CCCc1cc(C(=O)NC(CCSC)c2nnc3ccccn23)n[nH]1. The highest BCUT2D eigenvalue weighted by atomic mass is 32.2.